The van der Waals surface area contributed by atoms with E-state index >= 15 is 0 Å². The van der Waals surface area contributed by atoms with Gasteiger partial charge in [-0.05, 0) is 81.6 Å². The van der Waals surface area contributed by atoms with E-state index in [4.69, 9.17) is 9.97 Å². The van der Waals surface area contributed by atoms with E-state index in [0.29, 0.717) is 5.92 Å². The Hall–Kier alpha value is -3.51. The van der Waals surface area contributed by atoms with Gasteiger partial charge in [0, 0.05) is 30.4 Å². The van der Waals surface area contributed by atoms with Gasteiger partial charge in [-0.15, -0.1) is 0 Å². The highest BCUT2D eigenvalue weighted by Gasteiger charge is 2.21. The summed E-state index contributed by atoms with van der Waals surface area (Å²) in [6.45, 7) is 7.76. The predicted molar refractivity (Wildman–Crippen MR) is 141 cm³/mol. The van der Waals surface area contributed by atoms with Crippen LogP contribution in [0, 0.1) is 6.92 Å². The number of hydrogen-bond donors (Lipinski definition) is 1. The van der Waals surface area contributed by atoms with E-state index in [1.807, 2.05) is 31.2 Å². The number of aryl methyl sites for hydroxylation is 2. The second-order valence-corrected chi connectivity index (χ2v) is 9.52. The Labute approximate surface area is 207 Å². The number of hydrogen-bond acceptors (Lipinski definition) is 4. The van der Waals surface area contributed by atoms with Crippen molar-refractivity contribution in [3.8, 4) is 11.4 Å². The standard InChI is InChI=1S/C29H33N5O/c1-21-12-13-27-29(30-21)34(28(32-27)24-8-4-3-5-9-24)17-7-16-33-18-14-23(15-19-33)25-10-6-11-26(20-25)31-22(2)35/h3-6,8-13,20,23H,7,14-19H2,1-2H3,(H,31,35). The van der Waals surface area contributed by atoms with Crippen molar-refractivity contribution in [2.45, 2.75) is 45.6 Å². The highest BCUT2D eigenvalue weighted by molar-refractivity contribution is 5.88. The van der Waals surface area contributed by atoms with Gasteiger partial charge in [0.15, 0.2) is 5.65 Å². The summed E-state index contributed by atoms with van der Waals surface area (Å²) in [5.41, 5.74) is 6.30. The molecule has 5 rings (SSSR count). The van der Waals surface area contributed by atoms with Gasteiger partial charge >= 0.3 is 0 Å². The first kappa shape index (κ1) is 23.2. The summed E-state index contributed by atoms with van der Waals surface area (Å²) >= 11 is 0. The van der Waals surface area contributed by atoms with Gasteiger partial charge in [0.05, 0.1) is 0 Å². The van der Waals surface area contributed by atoms with Crippen LogP contribution >= 0.6 is 0 Å². The number of rotatable bonds is 7. The zero-order valence-corrected chi connectivity index (χ0v) is 20.6. The van der Waals surface area contributed by atoms with Crippen LogP contribution in [0.2, 0.25) is 0 Å². The van der Waals surface area contributed by atoms with Crippen LogP contribution in [0.3, 0.4) is 0 Å². The van der Waals surface area contributed by atoms with Crippen molar-refractivity contribution in [1.29, 1.82) is 0 Å². The van der Waals surface area contributed by atoms with Crippen molar-refractivity contribution < 1.29 is 4.79 Å². The smallest absolute Gasteiger partial charge is 0.221 e. The van der Waals surface area contributed by atoms with E-state index in [1.165, 1.54) is 5.56 Å². The van der Waals surface area contributed by atoms with Gasteiger partial charge < -0.3 is 14.8 Å². The third kappa shape index (κ3) is 5.43. The number of imidazole rings is 1. The SMILES string of the molecule is CC(=O)Nc1cccc(C2CCN(CCCn3c(-c4ccccc4)nc4ccc(C)nc43)CC2)c1. The number of likely N-dealkylation sites (tertiary alicyclic amines) is 1. The molecule has 1 saturated heterocycles. The summed E-state index contributed by atoms with van der Waals surface area (Å²) < 4.78 is 2.29. The summed E-state index contributed by atoms with van der Waals surface area (Å²) in [6.07, 6.45) is 3.35. The lowest BCUT2D eigenvalue weighted by Gasteiger charge is -2.32. The van der Waals surface area contributed by atoms with Crippen LogP contribution in [0.15, 0.2) is 66.7 Å². The molecule has 0 bridgehead atoms. The van der Waals surface area contributed by atoms with E-state index in [9.17, 15) is 4.79 Å². The third-order valence-electron chi connectivity index (χ3n) is 6.89. The fourth-order valence-corrected chi connectivity index (χ4v) is 5.13. The number of amides is 1. The number of carbonyl (C=O) groups excluding carboxylic acids is 1. The monoisotopic (exact) mass is 467 g/mol. The summed E-state index contributed by atoms with van der Waals surface area (Å²) in [6, 6.07) is 22.8. The zero-order chi connectivity index (χ0) is 24.2. The average molecular weight is 468 g/mol. The number of aromatic nitrogens is 3. The van der Waals surface area contributed by atoms with Gasteiger partial charge in [-0.2, -0.15) is 0 Å². The van der Waals surface area contributed by atoms with E-state index in [1.54, 1.807) is 6.92 Å². The summed E-state index contributed by atoms with van der Waals surface area (Å²) in [5, 5.41) is 2.90. The topological polar surface area (TPSA) is 63.1 Å². The molecule has 2 aromatic carbocycles. The molecule has 0 spiro atoms. The molecule has 6 heteroatoms. The highest BCUT2D eigenvalue weighted by atomic mass is 16.1. The highest BCUT2D eigenvalue weighted by Crippen LogP contribution is 2.30. The Kier molecular flexibility index (Phi) is 6.91. The van der Waals surface area contributed by atoms with Gasteiger partial charge in [0.1, 0.15) is 11.3 Å². The molecule has 0 unspecified atom stereocenters. The van der Waals surface area contributed by atoms with Crippen molar-refractivity contribution in [1.82, 2.24) is 19.4 Å². The fraction of sp³-hybridized carbons (Fsp3) is 0.345. The number of piperidine rings is 1. The van der Waals surface area contributed by atoms with Crippen LogP contribution in [0.25, 0.3) is 22.6 Å². The number of fused-ring (bicyclic) bond motifs is 1. The largest absolute Gasteiger partial charge is 0.326 e. The third-order valence-corrected chi connectivity index (χ3v) is 6.89. The van der Waals surface area contributed by atoms with Crippen molar-refractivity contribution >= 4 is 22.8 Å². The maximum absolute atomic E-state index is 11.4. The van der Waals surface area contributed by atoms with Crippen LogP contribution < -0.4 is 5.32 Å². The molecule has 0 radical (unpaired) electrons. The van der Waals surface area contributed by atoms with E-state index in [2.05, 4.69) is 57.2 Å². The first-order valence-corrected chi connectivity index (χ1v) is 12.6. The molecule has 3 heterocycles. The number of carbonyl (C=O) groups is 1. The van der Waals surface area contributed by atoms with Crippen molar-refractivity contribution in [3.05, 3.63) is 78.0 Å². The van der Waals surface area contributed by atoms with Gasteiger partial charge in [-0.1, -0.05) is 42.5 Å². The number of nitrogens with zero attached hydrogens (tertiary/aromatic N) is 4. The van der Waals surface area contributed by atoms with Crippen LogP contribution in [0.5, 0.6) is 0 Å². The number of benzene rings is 2. The van der Waals surface area contributed by atoms with Crippen LogP contribution in [-0.4, -0.2) is 45.0 Å². The number of nitrogens with one attached hydrogen (secondary N) is 1. The molecule has 2 aromatic heterocycles. The van der Waals surface area contributed by atoms with Crippen LogP contribution in [-0.2, 0) is 11.3 Å². The Morgan fingerprint density at radius 1 is 0.971 bits per heavy atom. The molecule has 1 aliphatic heterocycles. The average Bonchev–Trinajstić information content (AvgIpc) is 3.22. The number of pyridine rings is 1. The summed E-state index contributed by atoms with van der Waals surface area (Å²) in [5.74, 6) is 1.52. The molecule has 1 aliphatic rings. The Bertz CT molecular complexity index is 1310. The molecule has 0 saturated carbocycles. The van der Waals surface area contributed by atoms with Gasteiger partial charge in [-0.3, -0.25) is 4.79 Å². The molecule has 1 amide bonds. The van der Waals surface area contributed by atoms with Crippen LogP contribution in [0.4, 0.5) is 5.69 Å². The lowest BCUT2D eigenvalue weighted by atomic mass is 9.89. The first-order valence-electron chi connectivity index (χ1n) is 12.6. The Morgan fingerprint density at radius 2 is 1.77 bits per heavy atom. The second kappa shape index (κ2) is 10.4. The summed E-state index contributed by atoms with van der Waals surface area (Å²) in [4.78, 5) is 23.7. The minimum absolute atomic E-state index is 0.0246. The predicted octanol–water partition coefficient (Wildman–Crippen LogP) is 5.63. The van der Waals surface area contributed by atoms with Crippen molar-refractivity contribution in [2.75, 3.05) is 25.0 Å². The molecule has 4 aromatic rings. The summed E-state index contributed by atoms with van der Waals surface area (Å²) in [7, 11) is 0. The molecular formula is C29H33N5O. The molecular weight excluding hydrogens is 434 g/mol. The molecule has 35 heavy (non-hydrogen) atoms. The molecule has 6 nitrogen and oxygen atoms in total. The molecule has 180 valence electrons. The van der Waals surface area contributed by atoms with E-state index in [-0.39, 0.29) is 5.91 Å². The second-order valence-electron chi connectivity index (χ2n) is 9.52. The fourth-order valence-electron chi connectivity index (χ4n) is 5.13. The van der Waals surface area contributed by atoms with Gasteiger partial charge in [-0.25, -0.2) is 9.97 Å². The van der Waals surface area contributed by atoms with Crippen molar-refractivity contribution in [3.63, 3.8) is 0 Å². The van der Waals surface area contributed by atoms with Gasteiger partial charge in [0.2, 0.25) is 5.91 Å². The van der Waals surface area contributed by atoms with Crippen LogP contribution in [0.1, 0.15) is 43.4 Å². The maximum atomic E-state index is 11.4. The minimum Gasteiger partial charge on any atom is -0.326 e. The lowest BCUT2D eigenvalue weighted by Crippen LogP contribution is -2.34. The molecule has 1 fully saturated rings. The normalized spacial score (nSPS) is 14.9. The minimum atomic E-state index is -0.0246. The lowest BCUT2D eigenvalue weighted by molar-refractivity contribution is -0.114. The Balaban J connectivity index is 1.22. The van der Waals surface area contributed by atoms with Crippen molar-refractivity contribution in [2.24, 2.45) is 0 Å². The first-order chi connectivity index (χ1) is 17.1. The Morgan fingerprint density at radius 3 is 2.54 bits per heavy atom. The quantitative estimate of drug-likeness (QED) is 0.382. The molecule has 0 aliphatic carbocycles. The van der Waals surface area contributed by atoms with E-state index < -0.39 is 0 Å². The maximum Gasteiger partial charge on any atom is 0.221 e. The van der Waals surface area contributed by atoms with E-state index in [0.717, 1.165) is 79.4 Å². The molecule has 1 N–H and O–H groups in total. The molecule has 0 atom stereocenters. The zero-order valence-electron chi connectivity index (χ0n) is 20.6. The number of anilines is 1. The van der Waals surface area contributed by atoms with Gasteiger partial charge in [0.25, 0.3) is 0 Å².